The number of carbonyl (C=O) groups excluding carboxylic acids is 2. The van der Waals surface area contributed by atoms with Crippen LogP contribution >= 0.6 is 22.9 Å². The molecule has 7 heteroatoms. The molecule has 0 aliphatic rings. The minimum absolute atomic E-state index is 0.297. The van der Waals surface area contributed by atoms with Gasteiger partial charge in [-0.3, -0.25) is 14.9 Å². The number of hydrogen-bond donors (Lipinski definition) is 1. The molecule has 0 saturated carbocycles. The molecule has 25 heavy (non-hydrogen) atoms. The summed E-state index contributed by atoms with van der Waals surface area (Å²) in [6.07, 6.45) is 0. The lowest BCUT2D eigenvalue weighted by molar-refractivity contribution is -0.131. The Bertz CT molecular complexity index is 922. The number of anilines is 1. The number of nitrogens with one attached hydrogen (secondary N) is 1. The van der Waals surface area contributed by atoms with Crippen LogP contribution in [0.1, 0.15) is 17.3 Å². The molecule has 0 unspecified atom stereocenters. The van der Waals surface area contributed by atoms with Gasteiger partial charge in [0.25, 0.3) is 5.91 Å². The molecule has 0 atom stereocenters. The van der Waals surface area contributed by atoms with E-state index in [0.717, 1.165) is 5.56 Å². The second kappa shape index (κ2) is 7.46. The predicted molar refractivity (Wildman–Crippen MR) is 98.3 cm³/mol. The molecule has 0 aliphatic heterocycles. The lowest BCUT2D eigenvalue weighted by Gasteiger charge is -2.04. The maximum atomic E-state index is 12.3. The summed E-state index contributed by atoms with van der Waals surface area (Å²) in [5.41, 5.74) is 1.95. The number of hydrogen-bond acceptors (Lipinski definition) is 5. The highest BCUT2D eigenvalue weighted by atomic mass is 35.5. The lowest BCUT2D eigenvalue weighted by atomic mass is 10.2. The fourth-order valence-corrected chi connectivity index (χ4v) is 3.07. The molecular formula is C18H13ClN2O3S. The maximum absolute atomic E-state index is 12.3. The molecule has 0 radical (unpaired) electrons. The summed E-state index contributed by atoms with van der Waals surface area (Å²) in [5.74, 6) is -0.319. The van der Waals surface area contributed by atoms with E-state index in [-0.39, 0.29) is 5.91 Å². The summed E-state index contributed by atoms with van der Waals surface area (Å²) in [4.78, 5) is 27.6. The Kier molecular flexibility index (Phi) is 5.11. The standard InChI is InChI=1S/C18H13ClN2O3S/c1-11(22)24-13-8-6-12(7-9-13)17(23)21-18-20-16(10-25-18)14-4-2-3-5-15(14)19/h2-10H,1H3,(H,20,21,23). The largest absolute Gasteiger partial charge is 0.427 e. The average Bonchev–Trinajstić information content (AvgIpc) is 3.03. The molecule has 1 heterocycles. The summed E-state index contributed by atoms with van der Waals surface area (Å²) in [7, 11) is 0. The van der Waals surface area contributed by atoms with Crippen molar-refractivity contribution in [3.05, 3.63) is 64.5 Å². The number of rotatable bonds is 4. The van der Waals surface area contributed by atoms with Crippen LogP contribution in [-0.4, -0.2) is 16.9 Å². The van der Waals surface area contributed by atoms with Crippen LogP contribution in [0.25, 0.3) is 11.3 Å². The Morgan fingerprint density at radius 3 is 2.52 bits per heavy atom. The van der Waals surface area contributed by atoms with E-state index in [2.05, 4.69) is 10.3 Å². The number of halogens is 1. The van der Waals surface area contributed by atoms with Crippen LogP contribution in [0.15, 0.2) is 53.9 Å². The van der Waals surface area contributed by atoms with Gasteiger partial charge in [0.2, 0.25) is 0 Å². The quantitative estimate of drug-likeness (QED) is 0.535. The highest BCUT2D eigenvalue weighted by Gasteiger charge is 2.12. The summed E-state index contributed by atoms with van der Waals surface area (Å²) >= 11 is 7.48. The first-order chi connectivity index (χ1) is 12.0. The Labute approximate surface area is 153 Å². The Balaban J connectivity index is 1.71. The van der Waals surface area contributed by atoms with Gasteiger partial charge in [-0.2, -0.15) is 0 Å². The number of amides is 1. The molecule has 126 valence electrons. The molecule has 0 aliphatic carbocycles. The van der Waals surface area contributed by atoms with Crippen LogP contribution in [0.5, 0.6) is 5.75 Å². The molecule has 3 aromatic rings. The molecular weight excluding hydrogens is 360 g/mol. The fourth-order valence-electron chi connectivity index (χ4n) is 2.13. The lowest BCUT2D eigenvalue weighted by Crippen LogP contribution is -2.11. The average molecular weight is 373 g/mol. The monoisotopic (exact) mass is 372 g/mol. The van der Waals surface area contributed by atoms with Gasteiger partial charge in [-0.05, 0) is 30.3 Å². The second-order valence-electron chi connectivity index (χ2n) is 5.09. The van der Waals surface area contributed by atoms with Crippen LogP contribution in [0.4, 0.5) is 5.13 Å². The Morgan fingerprint density at radius 2 is 1.84 bits per heavy atom. The van der Waals surface area contributed by atoms with E-state index in [4.69, 9.17) is 16.3 Å². The zero-order chi connectivity index (χ0) is 17.8. The number of thiazole rings is 1. The zero-order valence-electron chi connectivity index (χ0n) is 13.2. The van der Waals surface area contributed by atoms with Crippen molar-refractivity contribution in [2.24, 2.45) is 0 Å². The summed E-state index contributed by atoms with van der Waals surface area (Å²) in [6, 6.07) is 13.7. The molecule has 2 aromatic carbocycles. The van der Waals surface area contributed by atoms with Gasteiger partial charge in [0.05, 0.1) is 5.69 Å². The van der Waals surface area contributed by atoms with Crippen LogP contribution < -0.4 is 10.1 Å². The molecule has 5 nitrogen and oxygen atoms in total. The van der Waals surface area contributed by atoms with Gasteiger partial charge in [-0.1, -0.05) is 29.8 Å². The van der Waals surface area contributed by atoms with Crippen LogP contribution in [0.2, 0.25) is 5.02 Å². The minimum Gasteiger partial charge on any atom is -0.427 e. The van der Waals surface area contributed by atoms with Gasteiger partial charge in [-0.15, -0.1) is 11.3 Å². The number of ether oxygens (including phenoxy) is 1. The topological polar surface area (TPSA) is 68.3 Å². The van der Waals surface area contributed by atoms with E-state index in [1.54, 1.807) is 30.3 Å². The molecule has 0 bridgehead atoms. The van der Waals surface area contributed by atoms with Crippen molar-refractivity contribution in [2.75, 3.05) is 5.32 Å². The second-order valence-corrected chi connectivity index (χ2v) is 6.36. The van der Waals surface area contributed by atoms with Gasteiger partial charge in [0.1, 0.15) is 5.75 Å². The smallest absolute Gasteiger partial charge is 0.308 e. The highest BCUT2D eigenvalue weighted by Crippen LogP contribution is 2.30. The van der Waals surface area contributed by atoms with Gasteiger partial charge >= 0.3 is 5.97 Å². The summed E-state index contributed by atoms with van der Waals surface area (Å²) in [6.45, 7) is 1.32. The number of esters is 1. The molecule has 1 amide bonds. The van der Waals surface area contributed by atoms with Crippen molar-refractivity contribution in [2.45, 2.75) is 6.92 Å². The number of benzene rings is 2. The molecule has 0 spiro atoms. The maximum Gasteiger partial charge on any atom is 0.308 e. The first kappa shape index (κ1) is 17.1. The van der Waals surface area contributed by atoms with E-state index in [9.17, 15) is 9.59 Å². The van der Waals surface area contributed by atoms with Gasteiger partial charge in [-0.25, -0.2) is 4.98 Å². The van der Waals surface area contributed by atoms with Crippen molar-refractivity contribution in [3.63, 3.8) is 0 Å². The van der Waals surface area contributed by atoms with Crippen molar-refractivity contribution >= 4 is 39.9 Å². The highest BCUT2D eigenvalue weighted by molar-refractivity contribution is 7.14. The predicted octanol–water partition coefficient (Wildman–Crippen LogP) is 4.64. The van der Waals surface area contributed by atoms with Gasteiger partial charge in [0, 0.05) is 28.5 Å². The SMILES string of the molecule is CC(=O)Oc1ccc(C(=O)Nc2nc(-c3ccccc3Cl)cs2)cc1. The van der Waals surface area contributed by atoms with Gasteiger partial charge < -0.3 is 4.74 Å². The van der Waals surface area contributed by atoms with Crippen molar-refractivity contribution < 1.29 is 14.3 Å². The normalized spacial score (nSPS) is 10.3. The zero-order valence-corrected chi connectivity index (χ0v) is 14.7. The van der Waals surface area contributed by atoms with Crippen LogP contribution in [-0.2, 0) is 4.79 Å². The summed E-state index contributed by atoms with van der Waals surface area (Å²) < 4.78 is 4.94. The van der Waals surface area contributed by atoms with Crippen LogP contribution in [0, 0.1) is 0 Å². The van der Waals surface area contributed by atoms with E-state index in [1.807, 2.05) is 23.6 Å². The van der Waals surface area contributed by atoms with Gasteiger partial charge in [0.15, 0.2) is 5.13 Å². The first-order valence-corrected chi connectivity index (χ1v) is 8.59. The van der Waals surface area contributed by atoms with Crippen molar-refractivity contribution in [3.8, 4) is 17.0 Å². The van der Waals surface area contributed by atoms with E-state index >= 15 is 0 Å². The third kappa shape index (κ3) is 4.23. The van der Waals surface area contributed by atoms with E-state index < -0.39 is 5.97 Å². The summed E-state index contributed by atoms with van der Waals surface area (Å²) in [5, 5.41) is 5.66. The van der Waals surface area contributed by atoms with Crippen molar-refractivity contribution in [1.82, 2.24) is 4.98 Å². The third-order valence-electron chi connectivity index (χ3n) is 3.25. The molecule has 1 aromatic heterocycles. The first-order valence-electron chi connectivity index (χ1n) is 7.33. The Hall–Kier alpha value is -2.70. The third-order valence-corrected chi connectivity index (χ3v) is 4.34. The number of nitrogens with zero attached hydrogens (tertiary/aromatic N) is 1. The van der Waals surface area contributed by atoms with Crippen molar-refractivity contribution in [1.29, 1.82) is 0 Å². The molecule has 0 fully saturated rings. The Morgan fingerprint density at radius 1 is 1.12 bits per heavy atom. The molecule has 0 saturated heterocycles. The van der Waals surface area contributed by atoms with E-state index in [0.29, 0.717) is 27.2 Å². The minimum atomic E-state index is -0.410. The molecule has 3 rings (SSSR count). The number of carbonyl (C=O) groups is 2. The van der Waals surface area contributed by atoms with E-state index in [1.165, 1.54) is 18.3 Å². The molecule has 1 N–H and O–H groups in total. The van der Waals surface area contributed by atoms with Crippen LogP contribution in [0.3, 0.4) is 0 Å². The number of aromatic nitrogens is 1. The fraction of sp³-hybridized carbons (Fsp3) is 0.0556.